The molecule has 1 saturated heterocycles. The quantitative estimate of drug-likeness (QED) is 0.487. The average Bonchev–Trinajstić information content (AvgIpc) is 2.35. The van der Waals surface area contributed by atoms with Gasteiger partial charge in [0.25, 0.3) is 0 Å². The summed E-state index contributed by atoms with van der Waals surface area (Å²) in [4.78, 5) is 36.5. The molecule has 0 bridgehead atoms. The van der Waals surface area contributed by atoms with Crippen LogP contribution in [0.2, 0.25) is 0 Å². The van der Waals surface area contributed by atoms with E-state index in [0.717, 1.165) is 12.8 Å². The highest BCUT2D eigenvalue weighted by Gasteiger charge is 2.24. The lowest BCUT2D eigenvalue weighted by atomic mass is 10.3. The molecule has 1 fully saturated rings. The molecule has 3 amide bonds. The van der Waals surface area contributed by atoms with Crippen molar-refractivity contribution in [3.05, 3.63) is 0 Å². The van der Waals surface area contributed by atoms with Crippen molar-refractivity contribution in [2.75, 3.05) is 32.7 Å². The lowest BCUT2D eigenvalue weighted by molar-refractivity contribution is -0.147. The summed E-state index contributed by atoms with van der Waals surface area (Å²) in [6.45, 7) is 4.29. The standard InChI is InChI=1S/C10H17N3O3/c1-2-3-11-9(15)10(16)13-6-4-12(8-14)5-7-13/h8H,2-7H2,1H3,(H,11,15). The third kappa shape index (κ3) is 3.22. The van der Waals surface area contributed by atoms with Crippen molar-refractivity contribution >= 4 is 18.2 Å². The molecule has 1 aliphatic heterocycles. The van der Waals surface area contributed by atoms with Gasteiger partial charge in [-0.3, -0.25) is 14.4 Å². The van der Waals surface area contributed by atoms with Gasteiger partial charge in [0.15, 0.2) is 0 Å². The summed E-state index contributed by atoms with van der Waals surface area (Å²) < 4.78 is 0. The van der Waals surface area contributed by atoms with Crippen molar-refractivity contribution < 1.29 is 14.4 Å². The smallest absolute Gasteiger partial charge is 0.312 e. The van der Waals surface area contributed by atoms with Gasteiger partial charge in [-0.05, 0) is 6.42 Å². The van der Waals surface area contributed by atoms with Gasteiger partial charge >= 0.3 is 11.8 Å². The Labute approximate surface area is 94.6 Å². The zero-order chi connectivity index (χ0) is 12.0. The zero-order valence-electron chi connectivity index (χ0n) is 9.44. The van der Waals surface area contributed by atoms with Crippen LogP contribution in [-0.2, 0) is 14.4 Å². The molecule has 0 radical (unpaired) electrons. The Morgan fingerprint density at radius 2 is 1.88 bits per heavy atom. The molecule has 1 rings (SSSR count). The maximum absolute atomic E-state index is 11.6. The van der Waals surface area contributed by atoms with Crippen LogP contribution in [0.1, 0.15) is 13.3 Å². The fourth-order valence-electron chi connectivity index (χ4n) is 1.49. The Morgan fingerprint density at radius 1 is 1.25 bits per heavy atom. The van der Waals surface area contributed by atoms with Gasteiger partial charge in [-0.1, -0.05) is 6.92 Å². The van der Waals surface area contributed by atoms with Crippen molar-refractivity contribution in [3.8, 4) is 0 Å². The van der Waals surface area contributed by atoms with Gasteiger partial charge in [-0.2, -0.15) is 0 Å². The highest BCUT2D eigenvalue weighted by Crippen LogP contribution is 1.99. The van der Waals surface area contributed by atoms with Crippen LogP contribution in [0.15, 0.2) is 0 Å². The first-order valence-corrected chi connectivity index (χ1v) is 5.45. The lowest BCUT2D eigenvalue weighted by Crippen LogP contribution is -2.52. The van der Waals surface area contributed by atoms with E-state index in [9.17, 15) is 14.4 Å². The van der Waals surface area contributed by atoms with Crippen molar-refractivity contribution in [1.29, 1.82) is 0 Å². The molecule has 1 N–H and O–H groups in total. The van der Waals surface area contributed by atoms with E-state index >= 15 is 0 Å². The number of hydrogen-bond donors (Lipinski definition) is 1. The van der Waals surface area contributed by atoms with Gasteiger partial charge in [0.1, 0.15) is 0 Å². The van der Waals surface area contributed by atoms with Crippen LogP contribution in [0.25, 0.3) is 0 Å². The van der Waals surface area contributed by atoms with Crippen LogP contribution in [-0.4, -0.2) is 60.7 Å². The van der Waals surface area contributed by atoms with E-state index in [0.29, 0.717) is 32.7 Å². The normalized spacial score (nSPS) is 15.8. The third-order valence-corrected chi connectivity index (χ3v) is 2.48. The molecule has 0 aromatic heterocycles. The van der Waals surface area contributed by atoms with E-state index in [4.69, 9.17) is 0 Å². The summed E-state index contributed by atoms with van der Waals surface area (Å²) in [5, 5.41) is 2.54. The first-order chi connectivity index (χ1) is 7.69. The van der Waals surface area contributed by atoms with E-state index in [1.807, 2.05) is 6.92 Å². The fourth-order valence-corrected chi connectivity index (χ4v) is 1.49. The number of nitrogens with zero attached hydrogens (tertiary/aromatic N) is 2. The molecule has 0 aromatic carbocycles. The summed E-state index contributed by atoms with van der Waals surface area (Å²) in [5.74, 6) is -1.06. The van der Waals surface area contributed by atoms with E-state index in [2.05, 4.69) is 5.32 Å². The predicted octanol–water partition coefficient (Wildman–Crippen LogP) is -1.19. The Balaban J connectivity index is 2.38. The number of amides is 3. The highest BCUT2D eigenvalue weighted by atomic mass is 16.2. The van der Waals surface area contributed by atoms with Gasteiger partial charge in [-0.15, -0.1) is 0 Å². The van der Waals surface area contributed by atoms with Crippen molar-refractivity contribution in [1.82, 2.24) is 15.1 Å². The molecule has 1 heterocycles. The number of carbonyl (C=O) groups is 3. The maximum Gasteiger partial charge on any atom is 0.312 e. The summed E-state index contributed by atoms with van der Waals surface area (Å²) in [5.41, 5.74) is 0. The van der Waals surface area contributed by atoms with Gasteiger partial charge in [-0.25, -0.2) is 0 Å². The number of hydrogen-bond acceptors (Lipinski definition) is 3. The highest BCUT2D eigenvalue weighted by molar-refractivity contribution is 6.35. The van der Waals surface area contributed by atoms with E-state index in [1.165, 1.54) is 4.90 Å². The molecule has 0 aromatic rings. The summed E-state index contributed by atoms with van der Waals surface area (Å²) >= 11 is 0. The van der Waals surface area contributed by atoms with Crippen LogP contribution in [0.5, 0.6) is 0 Å². The molecule has 16 heavy (non-hydrogen) atoms. The molecule has 0 aliphatic carbocycles. The molecular formula is C10H17N3O3. The molecule has 0 unspecified atom stereocenters. The van der Waals surface area contributed by atoms with E-state index in [1.54, 1.807) is 4.90 Å². The molecule has 0 atom stereocenters. The van der Waals surface area contributed by atoms with Gasteiger partial charge < -0.3 is 15.1 Å². The van der Waals surface area contributed by atoms with Crippen LogP contribution >= 0.6 is 0 Å². The van der Waals surface area contributed by atoms with Crippen LogP contribution in [0.3, 0.4) is 0 Å². The summed E-state index contributed by atoms with van der Waals surface area (Å²) in [7, 11) is 0. The predicted molar refractivity (Wildman–Crippen MR) is 57.5 cm³/mol. The zero-order valence-corrected chi connectivity index (χ0v) is 9.44. The first kappa shape index (κ1) is 12.5. The van der Waals surface area contributed by atoms with Crippen LogP contribution in [0, 0.1) is 0 Å². The van der Waals surface area contributed by atoms with Crippen molar-refractivity contribution in [2.45, 2.75) is 13.3 Å². The molecular weight excluding hydrogens is 210 g/mol. The SMILES string of the molecule is CCCNC(=O)C(=O)N1CCN(C=O)CC1. The monoisotopic (exact) mass is 227 g/mol. The summed E-state index contributed by atoms with van der Waals surface area (Å²) in [6.07, 6.45) is 1.57. The fraction of sp³-hybridized carbons (Fsp3) is 0.700. The van der Waals surface area contributed by atoms with E-state index < -0.39 is 11.8 Å². The summed E-state index contributed by atoms with van der Waals surface area (Å²) in [6, 6.07) is 0. The van der Waals surface area contributed by atoms with Gasteiger partial charge in [0.2, 0.25) is 6.41 Å². The minimum Gasteiger partial charge on any atom is -0.348 e. The van der Waals surface area contributed by atoms with E-state index in [-0.39, 0.29) is 0 Å². The van der Waals surface area contributed by atoms with Gasteiger partial charge in [0.05, 0.1) is 0 Å². The number of rotatable bonds is 3. The lowest BCUT2D eigenvalue weighted by Gasteiger charge is -2.31. The van der Waals surface area contributed by atoms with Gasteiger partial charge in [0, 0.05) is 32.7 Å². The van der Waals surface area contributed by atoms with Crippen molar-refractivity contribution in [3.63, 3.8) is 0 Å². The number of carbonyl (C=O) groups excluding carboxylic acids is 3. The maximum atomic E-state index is 11.6. The van der Waals surface area contributed by atoms with Crippen LogP contribution in [0.4, 0.5) is 0 Å². The third-order valence-electron chi connectivity index (χ3n) is 2.48. The number of nitrogens with one attached hydrogen (secondary N) is 1. The minimum atomic E-state index is -0.554. The Bertz CT molecular complexity index is 272. The molecule has 6 nitrogen and oxygen atoms in total. The number of piperazine rings is 1. The molecule has 6 heteroatoms. The average molecular weight is 227 g/mol. The Kier molecular flexibility index (Phi) is 4.75. The first-order valence-electron chi connectivity index (χ1n) is 5.45. The van der Waals surface area contributed by atoms with Crippen molar-refractivity contribution in [2.24, 2.45) is 0 Å². The largest absolute Gasteiger partial charge is 0.348 e. The second kappa shape index (κ2) is 6.09. The second-order valence-corrected chi connectivity index (χ2v) is 3.69. The molecule has 0 spiro atoms. The van der Waals surface area contributed by atoms with Crippen LogP contribution < -0.4 is 5.32 Å². The Hall–Kier alpha value is -1.59. The molecule has 90 valence electrons. The molecule has 0 saturated carbocycles. The topological polar surface area (TPSA) is 69.7 Å². The second-order valence-electron chi connectivity index (χ2n) is 3.69. The Morgan fingerprint density at radius 3 is 2.38 bits per heavy atom. The molecule has 1 aliphatic rings. The minimum absolute atomic E-state index is 0.428.